The number of halogens is 1. The number of benzene rings is 2. The summed E-state index contributed by atoms with van der Waals surface area (Å²) in [6.45, 7) is 2.77. The van der Waals surface area contributed by atoms with Crippen LogP contribution in [-0.4, -0.2) is 12.5 Å². The van der Waals surface area contributed by atoms with Crippen molar-refractivity contribution in [3.8, 4) is 5.75 Å². The highest BCUT2D eigenvalue weighted by Gasteiger charge is 2.51. The smallest absolute Gasteiger partial charge is 0.235 e. The first-order valence-corrected chi connectivity index (χ1v) is 8.32. The third-order valence-corrected chi connectivity index (χ3v) is 4.38. The predicted octanol–water partition coefficient (Wildman–Crippen LogP) is 4.80. The number of carbonyl (C=O) groups excluding carboxylic acids is 1. The Kier molecular flexibility index (Phi) is 4.58. The van der Waals surface area contributed by atoms with Crippen molar-refractivity contribution in [2.45, 2.75) is 31.6 Å². The molecule has 2 aromatic carbocycles. The van der Waals surface area contributed by atoms with Crippen molar-refractivity contribution in [2.75, 3.05) is 11.9 Å². The lowest BCUT2D eigenvalue weighted by Crippen LogP contribution is -2.27. The van der Waals surface area contributed by atoms with E-state index < -0.39 is 5.41 Å². The normalized spacial score (nSPS) is 15.0. The summed E-state index contributed by atoms with van der Waals surface area (Å²) < 4.78 is 5.55. The number of amides is 1. The topological polar surface area (TPSA) is 38.3 Å². The number of rotatable bonds is 6. The number of anilines is 1. The number of hydrogen-bond acceptors (Lipinski definition) is 2. The maximum Gasteiger partial charge on any atom is 0.235 e. The molecule has 1 amide bonds. The van der Waals surface area contributed by atoms with Crippen LogP contribution in [0.15, 0.2) is 48.5 Å². The molecular weight excluding hydrogens is 310 g/mol. The Morgan fingerprint density at radius 3 is 2.57 bits per heavy atom. The minimum atomic E-state index is -0.428. The SMILES string of the molecule is CCCOc1ccc(NC(=O)C2(c3cccc(Cl)c3)CC2)cc1. The molecule has 0 saturated heterocycles. The molecule has 1 N–H and O–H groups in total. The Morgan fingerprint density at radius 2 is 1.96 bits per heavy atom. The summed E-state index contributed by atoms with van der Waals surface area (Å²) >= 11 is 6.06. The van der Waals surface area contributed by atoms with E-state index >= 15 is 0 Å². The van der Waals surface area contributed by atoms with Crippen LogP contribution in [0.3, 0.4) is 0 Å². The van der Waals surface area contributed by atoms with Crippen molar-refractivity contribution in [1.82, 2.24) is 0 Å². The van der Waals surface area contributed by atoms with Crippen molar-refractivity contribution < 1.29 is 9.53 Å². The Morgan fingerprint density at radius 1 is 1.22 bits per heavy atom. The van der Waals surface area contributed by atoms with E-state index in [1.165, 1.54) is 0 Å². The number of ether oxygens (including phenoxy) is 1. The number of hydrogen-bond donors (Lipinski definition) is 1. The Balaban J connectivity index is 1.69. The van der Waals surface area contributed by atoms with E-state index in [0.717, 1.165) is 36.3 Å². The summed E-state index contributed by atoms with van der Waals surface area (Å²) in [6.07, 6.45) is 2.69. The van der Waals surface area contributed by atoms with E-state index in [1.807, 2.05) is 48.5 Å². The fourth-order valence-corrected chi connectivity index (χ4v) is 2.85. The zero-order chi connectivity index (χ0) is 16.3. The van der Waals surface area contributed by atoms with E-state index in [2.05, 4.69) is 12.2 Å². The predicted molar refractivity (Wildman–Crippen MR) is 93.2 cm³/mol. The molecule has 0 aliphatic heterocycles. The van der Waals surface area contributed by atoms with Crippen molar-refractivity contribution in [1.29, 1.82) is 0 Å². The average Bonchev–Trinajstić information content (AvgIpc) is 3.36. The Hall–Kier alpha value is -2.00. The van der Waals surface area contributed by atoms with Gasteiger partial charge in [0.1, 0.15) is 5.75 Å². The summed E-state index contributed by atoms with van der Waals surface area (Å²) in [7, 11) is 0. The number of nitrogens with one attached hydrogen (secondary N) is 1. The van der Waals surface area contributed by atoms with Crippen LogP contribution in [-0.2, 0) is 10.2 Å². The van der Waals surface area contributed by atoms with Crippen LogP contribution in [0, 0.1) is 0 Å². The van der Waals surface area contributed by atoms with Crippen molar-refractivity contribution in [3.05, 3.63) is 59.1 Å². The molecule has 0 spiro atoms. The lowest BCUT2D eigenvalue weighted by Gasteiger charge is -2.16. The highest BCUT2D eigenvalue weighted by atomic mass is 35.5. The lowest BCUT2D eigenvalue weighted by molar-refractivity contribution is -0.118. The first-order chi connectivity index (χ1) is 11.1. The lowest BCUT2D eigenvalue weighted by atomic mass is 9.95. The van der Waals surface area contributed by atoms with E-state index in [-0.39, 0.29) is 5.91 Å². The van der Waals surface area contributed by atoms with E-state index in [9.17, 15) is 4.79 Å². The summed E-state index contributed by atoms with van der Waals surface area (Å²) in [5, 5.41) is 3.67. The molecule has 0 bridgehead atoms. The van der Waals surface area contributed by atoms with Crippen LogP contribution in [0.4, 0.5) is 5.69 Å². The molecule has 0 aromatic heterocycles. The minimum Gasteiger partial charge on any atom is -0.494 e. The van der Waals surface area contributed by atoms with Gasteiger partial charge in [-0.25, -0.2) is 0 Å². The van der Waals surface area contributed by atoms with Crippen molar-refractivity contribution in [3.63, 3.8) is 0 Å². The third kappa shape index (κ3) is 3.50. The van der Waals surface area contributed by atoms with Gasteiger partial charge in [-0.2, -0.15) is 0 Å². The van der Waals surface area contributed by atoms with Gasteiger partial charge in [-0.05, 0) is 61.2 Å². The highest BCUT2D eigenvalue weighted by molar-refractivity contribution is 6.30. The molecule has 1 fully saturated rings. The van der Waals surface area contributed by atoms with Gasteiger partial charge in [0.05, 0.1) is 12.0 Å². The molecule has 120 valence electrons. The molecule has 2 aromatic rings. The van der Waals surface area contributed by atoms with E-state index in [0.29, 0.717) is 11.6 Å². The summed E-state index contributed by atoms with van der Waals surface area (Å²) in [5.41, 5.74) is 1.35. The molecule has 3 nitrogen and oxygen atoms in total. The first-order valence-electron chi connectivity index (χ1n) is 7.94. The number of carbonyl (C=O) groups is 1. The van der Waals surface area contributed by atoms with Gasteiger partial charge in [0.15, 0.2) is 0 Å². The quantitative estimate of drug-likeness (QED) is 0.826. The van der Waals surface area contributed by atoms with Gasteiger partial charge in [0, 0.05) is 10.7 Å². The molecule has 1 aliphatic carbocycles. The molecule has 0 heterocycles. The second-order valence-electron chi connectivity index (χ2n) is 5.92. The van der Waals surface area contributed by atoms with Gasteiger partial charge >= 0.3 is 0 Å². The Bertz CT molecular complexity index is 693. The molecular formula is C19H20ClNO2. The van der Waals surface area contributed by atoms with Gasteiger partial charge in [-0.1, -0.05) is 30.7 Å². The average molecular weight is 330 g/mol. The van der Waals surface area contributed by atoms with Gasteiger partial charge < -0.3 is 10.1 Å². The van der Waals surface area contributed by atoms with Crippen molar-refractivity contribution >= 4 is 23.2 Å². The van der Waals surface area contributed by atoms with Crippen LogP contribution in [0.5, 0.6) is 5.75 Å². The second kappa shape index (κ2) is 6.63. The maximum atomic E-state index is 12.7. The zero-order valence-electron chi connectivity index (χ0n) is 13.1. The molecule has 0 radical (unpaired) electrons. The van der Waals surface area contributed by atoms with Gasteiger partial charge in [-0.3, -0.25) is 4.79 Å². The zero-order valence-corrected chi connectivity index (χ0v) is 13.9. The molecule has 0 atom stereocenters. The second-order valence-corrected chi connectivity index (χ2v) is 6.36. The maximum absolute atomic E-state index is 12.7. The monoisotopic (exact) mass is 329 g/mol. The largest absolute Gasteiger partial charge is 0.494 e. The molecule has 1 aliphatic rings. The van der Waals surface area contributed by atoms with Crippen LogP contribution in [0.25, 0.3) is 0 Å². The van der Waals surface area contributed by atoms with Crippen LogP contribution in [0.2, 0.25) is 5.02 Å². The van der Waals surface area contributed by atoms with Gasteiger partial charge in [0.2, 0.25) is 5.91 Å². The van der Waals surface area contributed by atoms with E-state index in [4.69, 9.17) is 16.3 Å². The van der Waals surface area contributed by atoms with Crippen LogP contribution < -0.4 is 10.1 Å². The molecule has 4 heteroatoms. The summed E-state index contributed by atoms with van der Waals surface area (Å²) in [5.74, 6) is 0.850. The highest BCUT2D eigenvalue weighted by Crippen LogP contribution is 2.49. The molecule has 0 unspecified atom stereocenters. The third-order valence-electron chi connectivity index (χ3n) is 4.15. The first kappa shape index (κ1) is 15.9. The van der Waals surface area contributed by atoms with Crippen molar-refractivity contribution in [2.24, 2.45) is 0 Å². The van der Waals surface area contributed by atoms with Crippen LogP contribution in [0.1, 0.15) is 31.7 Å². The van der Waals surface area contributed by atoms with E-state index in [1.54, 1.807) is 0 Å². The molecule has 23 heavy (non-hydrogen) atoms. The molecule has 1 saturated carbocycles. The van der Waals surface area contributed by atoms with Crippen LogP contribution >= 0.6 is 11.6 Å². The fraction of sp³-hybridized carbons (Fsp3) is 0.316. The molecule has 3 rings (SSSR count). The standard InChI is InChI=1S/C19H20ClNO2/c1-2-12-23-17-8-6-16(7-9-17)21-18(22)19(10-11-19)14-4-3-5-15(20)13-14/h3-9,13H,2,10-12H2,1H3,(H,21,22). The fourth-order valence-electron chi connectivity index (χ4n) is 2.66. The minimum absolute atomic E-state index is 0.0296. The van der Waals surface area contributed by atoms with Gasteiger partial charge in [0.25, 0.3) is 0 Å². The summed E-state index contributed by atoms with van der Waals surface area (Å²) in [4.78, 5) is 12.7. The Labute approximate surface area is 141 Å². The summed E-state index contributed by atoms with van der Waals surface area (Å²) in [6, 6.07) is 15.1. The van der Waals surface area contributed by atoms with Gasteiger partial charge in [-0.15, -0.1) is 0 Å².